The third-order valence-corrected chi connectivity index (χ3v) is 11.5. The third kappa shape index (κ3) is 3.32. The molecule has 2 nitrogen and oxygen atoms in total. The second kappa shape index (κ2) is 7.97. The van der Waals surface area contributed by atoms with Gasteiger partial charge in [-0.3, -0.25) is 0 Å². The average molecular weight is 501 g/mol. The van der Waals surface area contributed by atoms with E-state index in [1.807, 2.05) is 0 Å². The predicted octanol–water partition coefficient (Wildman–Crippen LogP) is 6.99. The van der Waals surface area contributed by atoms with Crippen LogP contribution in [0.1, 0.15) is 90.9 Å². The standard InChI is InChI=1S/C25H41IO2/c1-24-12-10-19(28-23-5-3-4-14-27-23)15-17(24)6-8-20-21-9-7-18(16-26)25(21,2)13-11-22(20)24/h17-23H,3-16H2,1-2H3/t17-,18+,19-,20+,21-,22-,23+,24-,25+/m0/s1. The first-order valence-electron chi connectivity index (χ1n) is 12.4. The summed E-state index contributed by atoms with van der Waals surface area (Å²) in [5.41, 5.74) is 1.24. The van der Waals surface area contributed by atoms with Gasteiger partial charge >= 0.3 is 0 Å². The Balaban J connectivity index is 1.27. The van der Waals surface area contributed by atoms with Gasteiger partial charge in [-0.25, -0.2) is 0 Å². The van der Waals surface area contributed by atoms with Crippen molar-refractivity contribution in [2.45, 2.75) is 103 Å². The number of halogens is 1. The molecule has 28 heavy (non-hydrogen) atoms. The molecule has 0 unspecified atom stereocenters. The van der Waals surface area contributed by atoms with Gasteiger partial charge in [0.15, 0.2) is 6.29 Å². The summed E-state index contributed by atoms with van der Waals surface area (Å²) in [6.07, 6.45) is 17.1. The highest BCUT2D eigenvalue weighted by Gasteiger charge is 2.60. The molecular formula is C25H41IO2. The Morgan fingerprint density at radius 2 is 1.71 bits per heavy atom. The van der Waals surface area contributed by atoms with E-state index in [4.69, 9.17) is 9.47 Å². The predicted molar refractivity (Wildman–Crippen MR) is 123 cm³/mol. The minimum atomic E-state index is 0.0959. The molecule has 0 N–H and O–H groups in total. The highest BCUT2D eigenvalue weighted by molar-refractivity contribution is 14.1. The summed E-state index contributed by atoms with van der Waals surface area (Å²) in [7, 11) is 0. The Morgan fingerprint density at radius 3 is 2.50 bits per heavy atom. The number of hydrogen-bond acceptors (Lipinski definition) is 2. The zero-order valence-corrected chi connectivity index (χ0v) is 20.3. The summed E-state index contributed by atoms with van der Waals surface area (Å²) in [6.45, 7) is 6.27. The quantitative estimate of drug-likeness (QED) is 0.236. The fourth-order valence-corrected chi connectivity index (χ4v) is 10.2. The molecule has 0 amide bonds. The van der Waals surface area contributed by atoms with E-state index in [2.05, 4.69) is 36.4 Å². The van der Waals surface area contributed by atoms with Crippen molar-refractivity contribution in [1.29, 1.82) is 0 Å². The van der Waals surface area contributed by atoms with Gasteiger partial charge in [0.05, 0.1) is 6.10 Å². The molecule has 4 aliphatic carbocycles. The fourth-order valence-electron chi connectivity index (χ4n) is 8.74. The first kappa shape index (κ1) is 20.5. The van der Waals surface area contributed by atoms with Gasteiger partial charge in [0, 0.05) is 11.0 Å². The van der Waals surface area contributed by atoms with Gasteiger partial charge in [-0.05, 0) is 117 Å². The molecule has 5 fully saturated rings. The molecule has 0 spiro atoms. The average Bonchev–Trinajstić information content (AvgIpc) is 3.05. The highest BCUT2D eigenvalue weighted by Crippen LogP contribution is 2.67. The van der Waals surface area contributed by atoms with E-state index in [1.165, 1.54) is 75.1 Å². The van der Waals surface area contributed by atoms with Crippen molar-refractivity contribution in [3.05, 3.63) is 0 Å². The van der Waals surface area contributed by atoms with Crippen LogP contribution < -0.4 is 0 Å². The normalized spacial score (nSPS) is 53.9. The van der Waals surface area contributed by atoms with E-state index < -0.39 is 0 Å². The molecule has 1 heterocycles. The van der Waals surface area contributed by atoms with Crippen LogP contribution in [0.4, 0.5) is 0 Å². The maximum absolute atomic E-state index is 6.45. The maximum Gasteiger partial charge on any atom is 0.157 e. The second-order valence-electron chi connectivity index (χ2n) is 11.5. The largest absolute Gasteiger partial charge is 0.353 e. The lowest BCUT2D eigenvalue weighted by Gasteiger charge is -2.61. The van der Waals surface area contributed by atoms with E-state index in [1.54, 1.807) is 0 Å². The zero-order chi connectivity index (χ0) is 19.4. The Kier molecular flexibility index (Phi) is 5.85. The summed E-state index contributed by atoms with van der Waals surface area (Å²) in [5, 5.41) is 0. The Bertz CT molecular complexity index is 561. The van der Waals surface area contributed by atoms with E-state index in [-0.39, 0.29) is 6.29 Å². The van der Waals surface area contributed by atoms with Gasteiger partial charge in [0.2, 0.25) is 0 Å². The zero-order valence-electron chi connectivity index (χ0n) is 18.1. The molecule has 0 aromatic rings. The van der Waals surface area contributed by atoms with Crippen molar-refractivity contribution >= 4 is 22.6 Å². The van der Waals surface area contributed by atoms with Crippen LogP contribution >= 0.6 is 22.6 Å². The van der Waals surface area contributed by atoms with E-state index in [0.29, 0.717) is 16.9 Å². The summed E-state index contributed by atoms with van der Waals surface area (Å²) in [4.78, 5) is 0. The molecule has 9 atom stereocenters. The van der Waals surface area contributed by atoms with Crippen molar-refractivity contribution in [2.24, 2.45) is 40.4 Å². The van der Waals surface area contributed by atoms with Crippen molar-refractivity contribution in [1.82, 2.24) is 0 Å². The van der Waals surface area contributed by atoms with Gasteiger partial charge in [-0.2, -0.15) is 0 Å². The number of ether oxygens (including phenoxy) is 2. The summed E-state index contributed by atoms with van der Waals surface area (Å²) < 4.78 is 13.7. The highest BCUT2D eigenvalue weighted by atomic mass is 127. The van der Waals surface area contributed by atoms with Crippen LogP contribution in [-0.4, -0.2) is 23.4 Å². The molecule has 0 aromatic heterocycles. The topological polar surface area (TPSA) is 18.5 Å². The second-order valence-corrected chi connectivity index (χ2v) is 12.3. The lowest BCUT2D eigenvalue weighted by Crippen LogP contribution is -2.54. The third-order valence-electron chi connectivity index (χ3n) is 10.5. The van der Waals surface area contributed by atoms with Crippen molar-refractivity contribution in [3.8, 4) is 0 Å². The lowest BCUT2D eigenvalue weighted by molar-refractivity contribution is -0.212. The Labute approximate surface area is 186 Å². The molecule has 4 saturated carbocycles. The van der Waals surface area contributed by atoms with Gasteiger partial charge in [0.25, 0.3) is 0 Å². The van der Waals surface area contributed by atoms with E-state index >= 15 is 0 Å². The molecule has 0 bridgehead atoms. The molecule has 1 saturated heterocycles. The Hall–Kier alpha value is 0.650. The molecule has 5 aliphatic rings. The monoisotopic (exact) mass is 500 g/mol. The van der Waals surface area contributed by atoms with Gasteiger partial charge in [-0.15, -0.1) is 0 Å². The summed E-state index contributed by atoms with van der Waals surface area (Å²) >= 11 is 2.67. The van der Waals surface area contributed by atoms with Crippen molar-refractivity contribution < 1.29 is 9.47 Å². The van der Waals surface area contributed by atoms with Gasteiger partial charge < -0.3 is 9.47 Å². The number of alkyl halides is 1. The smallest absolute Gasteiger partial charge is 0.157 e. The van der Waals surface area contributed by atoms with Crippen molar-refractivity contribution in [3.63, 3.8) is 0 Å². The maximum atomic E-state index is 6.45. The van der Waals surface area contributed by atoms with E-state index in [0.717, 1.165) is 42.6 Å². The van der Waals surface area contributed by atoms with Crippen LogP contribution in [0, 0.1) is 40.4 Å². The SMILES string of the molecule is C[C@]12CC[C@H](O[C@@H]3CCCCO3)C[C@@H]1CC[C@H]1[C@@H]2CC[C@]2(C)[C@@H](CI)CC[C@@H]12. The first-order chi connectivity index (χ1) is 13.5. The van der Waals surface area contributed by atoms with Crippen LogP contribution in [-0.2, 0) is 9.47 Å². The number of hydrogen-bond donors (Lipinski definition) is 0. The Morgan fingerprint density at radius 1 is 0.893 bits per heavy atom. The van der Waals surface area contributed by atoms with Crippen LogP contribution in [0.3, 0.4) is 0 Å². The fraction of sp³-hybridized carbons (Fsp3) is 1.00. The molecule has 1 aliphatic heterocycles. The molecule has 3 heteroatoms. The molecule has 5 rings (SSSR count). The molecule has 160 valence electrons. The first-order valence-corrected chi connectivity index (χ1v) is 13.9. The summed E-state index contributed by atoms with van der Waals surface area (Å²) in [6, 6.07) is 0. The minimum absolute atomic E-state index is 0.0959. The van der Waals surface area contributed by atoms with Gasteiger partial charge in [-0.1, -0.05) is 36.4 Å². The molecule has 0 aromatic carbocycles. The minimum Gasteiger partial charge on any atom is -0.353 e. The van der Waals surface area contributed by atoms with Crippen LogP contribution in [0.2, 0.25) is 0 Å². The molecular weight excluding hydrogens is 459 g/mol. The lowest BCUT2D eigenvalue weighted by atomic mass is 9.45. The summed E-state index contributed by atoms with van der Waals surface area (Å²) in [5.74, 6) is 4.91. The number of rotatable bonds is 3. The number of fused-ring (bicyclic) bond motifs is 5. The van der Waals surface area contributed by atoms with Gasteiger partial charge in [0.1, 0.15) is 0 Å². The van der Waals surface area contributed by atoms with Crippen LogP contribution in [0.25, 0.3) is 0 Å². The van der Waals surface area contributed by atoms with Crippen LogP contribution in [0.5, 0.6) is 0 Å². The van der Waals surface area contributed by atoms with E-state index in [9.17, 15) is 0 Å². The van der Waals surface area contributed by atoms with Crippen molar-refractivity contribution in [2.75, 3.05) is 11.0 Å². The van der Waals surface area contributed by atoms with Crippen LogP contribution in [0.15, 0.2) is 0 Å². The molecule has 0 radical (unpaired) electrons.